The van der Waals surface area contributed by atoms with E-state index in [1.165, 1.54) is 16.7 Å². The molecule has 30 heavy (non-hydrogen) atoms. The summed E-state index contributed by atoms with van der Waals surface area (Å²) in [6.45, 7) is 2.99. The Kier molecular flexibility index (Phi) is 4.51. The first-order chi connectivity index (χ1) is 14.5. The lowest BCUT2D eigenvalue weighted by Crippen LogP contribution is -2.27. The van der Waals surface area contributed by atoms with Crippen molar-refractivity contribution in [3.63, 3.8) is 0 Å². The minimum Gasteiger partial charge on any atom is -0.352 e. The predicted octanol–water partition coefficient (Wildman–Crippen LogP) is 3.84. The average Bonchev–Trinajstić information content (AvgIpc) is 3.40. The molecule has 7 nitrogen and oxygen atoms in total. The van der Waals surface area contributed by atoms with Crippen LogP contribution in [0, 0.1) is 6.92 Å². The molecule has 0 saturated carbocycles. The van der Waals surface area contributed by atoms with Crippen molar-refractivity contribution in [3.8, 4) is 11.1 Å². The standard InChI is InChI=1S/C22H22N6OS/c1-13-9-18-14(10-16(13)15-11-24-27(3)12-15)5-4-7-28(18)21-19-17(6-8-30-19)25-20(26-21)22(29)23-2/h6,8-12H,4-5,7H2,1-3H3,(H,23,29). The molecule has 0 atom stereocenters. The zero-order chi connectivity index (χ0) is 20.8. The summed E-state index contributed by atoms with van der Waals surface area (Å²) < 4.78 is 2.83. The van der Waals surface area contributed by atoms with Gasteiger partial charge in [0.15, 0.2) is 5.82 Å². The molecule has 1 aliphatic heterocycles. The first-order valence-corrected chi connectivity index (χ1v) is 10.8. The van der Waals surface area contributed by atoms with Crippen molar-refractivity contribution in [3.05, 3.63) is 52.9 Å². The van der Waals surface area contributed by atoms with Crippen LogP contribution in [0.1, 0.15) is 28.2 Å². The lowest BCUT2D eigenvalue weighted by molar-refractivity contribution is 0.0953. The second-order valence-electron chi connectivity index (χ2n) is 7.54. The number of thiophene rings is 1. The number of nitrogens with one attached hydrogen (secondary N) is 1. The van der Waals surface area contributed by atoms with Crippen LogP contribution in [0.5, 0.6) is 0 Å². The lowest BCUT2D eigenvalue weighted by Gasteiger charge is -2.32. The van der Waals surface area contributed by atoms with E-state index in [1.807, 2.05) is 35.6 Å². The minimum absolute atomic E-state index is 0.203. The second-order valence-corrected chi connectivity index (χ2v) is 8.45. The molecule has 1 aromatic carbocycles. The van der Waals surface area contributed by atoms with E-state index in [4.69, 9.17) is 0 Å². The molecule has 1 N–H and O–H groups in total. The fraction of sp³-hybridized carbons (Fsp3) is 0.273. The van der Waals surface area contributed by atoms with E-state index in [1.54, 1.807) is 18.4 Å². The maximum absolute atomic E-state index is 12.3. The summed E-state index contributed by atoms with van der Waals surface area (Å²) in [6.07, 6.45) is 5.99. The number of amides is 1. The van der Waals surface area contributed by atoms with E-state index in [9.17, 15) is 4.79 Å². The third kappa shape index (κ3) is 3.04. The highest BCUT2D eigenvalue weighted by molar-refractivity contribution is 7.17. The zero-order valence-corrected chi connectivity index (χ0v) is 18.0. The number of nitrogens with zero attached hydrogens (tertiary/aromatic N) is 5. The molecular formula is C22H22N6OS. The van der Waals surface area contributed by atoms with Gasteiger partial charge in [0.25, 0.3) is 5.91 Å². The van der Waals surface area contributed by atoms with Gasteiger partial charge >= 0.3 is 0 Å². The Morgan fingerprint density at radius 3 is 2.90 bits per heavy atom. The van der Waals surface area contributed by atoms with Gasteiger partial charge in [-0.15, -0.1) is 11.3 Å². The van der Waals surface area contributed by atoms with Gasteiger partial charge in [0.1, 0.15) is 0 Å². The number of carbonyl (C=O) groups excluding carboxylic acids is 1. The number of anilines is 2. The number of fused-ring (bicyclic) bond motifs is 2. The molecule has 4 heterocycles. The van der Waals surface area contributed by atoms with Crippen LogP contribution in [0.3, 0.4) is 0 Å². The summed E-state index contributed by atoms with van der Waals surface area (Å²) in [7, 11) is 3.53. The number of carbonyl (C=O) groups is 1. The quantitative estimate of drug-likeness (QED) is 0.547. The second kappa shape index (κ2) is 7.21. The molecule has 152 valence electrons. The van der Waals surface area contributed by atoms with Crippen molar-refractivity contribution in [2.24, 2.45) is 7.05 Å². The molecule has 4 aromatic rings. The molecule has 0 saturated heterocycles. The SMILES string of the molecule is CNC(=O)c1nc(N2CCCc3cc(-c4cnn(C)c4)c(C)cc32)c2sccc2n1. The van der Waals surface area contributed by atoms with Gasteiger partial charge in [0.2, 0.25) is 5.82 Å². The van der Waals surface area contributed by atoms with E-state index in [0.717, 1.165) is 46.7 Å². The fourth-order valence-electron chi connectivity index (χ4n) is 4.07. The number of hydrogen-bond acceptors (Lipinski definition) is 6. The van der Waals surface area contributed by atoms with Crippen LogP contribution in [0.25, 0.3) is 21.3 Å². The molecule has 8 heteroatoms. The molecular weight excluding hydrogens is 396 g/mol. The van der Waals surface area contributed by atoms with Crippen molar-refractivity contribution in [2.45, 2.75) is 19.8 Å². The summed E-state index contributed by atoms with van der Waals surface area (Å²) in [4.78, 5) is 23.6. The highest BCUT2D eigenvalue weighted by Crippen LogP contribution is 2.40. The van der Waals surface area contributed by atoms with Crippen molar-refractivity contribution < 1.29 is 4.79 Å². The van der Waals surface area contributed by atoms with Gasteiger partial charge < -0.3 is 10.2 Å². The Morgan fingerprint density at radius 2 is 2.13 bits per heavy atom. The molecule has 1 amide bonds. The van der Waals surface area contributed by atoms with Crippen molar-refractivity contribution in [1.29, 1.82) is 0 Å². The maximum Gasteiger partial charge on any atom is 0.288 e. The number of rotatable bonds is 3. The van der Waals surface area contributed by atoms with Gasteiger partial charge in [-0.1, -0.05) is 0 Å². The van der Waals surface area contributed by atoms with Crippen molar-refractivity contribution in [2.75, 3.05) is 18.5 Å². The molecule has 0 fully saturated rings. The molecule has 0 aliphatic carbocycles. The molecule has 5 rings (SSSR count). The Morgan fingerprint density at radius 1 is 1.27 bits per heavy atom. The van der Waals surface area contributed by atoms with E-state index in [0.29, 0.717) is 0 Å². The van der Waals surface area contributed by atoms with Gasteiger partial charge in [0.05, 0.1) is 16.4 Å². The Hall–Kier alpha value is -3.26. The van der Waals surface area contributed by atoms with Crippen LogP contribution in [-0.4, -0.2) is 39.2 Å². The van der Waals surface area contributed by atoms with Gasteiger partial charge in [-0.05, 0) is 60.0 Å². The van der Waals surface area contributed by atoms with Gasteiger partial charge in [0, 0.05) is 38.1 Å². The summed E-state index contributed by atoms with van der Waals surface area (Å²) >= 11 is 1.61. The Bertz CT molecular complexity index is 1270. The van der Waals surface area contributed by atoms with Crippen LogP contribution in [-0.2, 0) is 13.5 Å². The maximum atomic E-state index is 12.3. The van der Waals surface area contributed by atoms with E-state index in [-0.39, 0.29) is 11.7 Å². The third-order valence-electron chi connectivity index (χ3n) is 5.53. The summed E-state index contributed by atoms with van der Waals surface area (Å²) in [6, 6.07) is 6.46. The number of benzene rings is 1. The van der Waals surface area contributed by atoms with E-state index < -0.39 is 0 Å². The number of hydrogen-bond donors (Lipinski definition) is 1. The van der Waals surface area contributed by atoms with Crippen LogP contribution in [0.4, 0.5) is 11.5 Å². The van der Waals surface area contributed by atoms with E-state index in [2.05, 4.69) is 44.3 Å². The van der Waals surface area contributed by atoms with Crippen LogP contribution >= 0.6 is 11.3 Å². The Labute approximate surface area is 178 Å². The highest BCUT2D eigenvalue weighted by atomic mass is 32.1. The smallest absolute Gasteiger partial charge is 0.288 e. The normalized spacial score (nSPS) is 13.5. The summed E-state index contributed by atoms with van der Waals surface area (Å²) in [5, 5.41) is 8.96. The van der Waals surface area contributed by atoms with Crippen LogP contribution in [0.2, 0.25) is 0 Å². The molecule has 0 spiro atoms. The largest absolute Gasteiger partial charge is 0.352 e. The fourth-order valence-corrected chi connectivity index (χ4v) is 4.90. The van der Waals surface area contributed by atoms with Crippen LogP contribution < -0.4 is 10.2 Å². The molecule has 3 aromatic heterocycles. The lowest BCUT2D eigenvalue weighted by atomic mass is 9.93. The average molecular weight is 419 g/mol. The topological polar surface area (TPSA) is 75.9 Å². The third-order valence-corrected chi connectivity index (χ3v) is 6.43. The first-order valence-electron chi connectivity index (χ1n) is 9.92. The van der Waals surface area contributed by atoms with Crippen molar-refractivity contribution >= 4 is 39.0 Å². The van der Waals surface area contributed by atoms with Gasteiger partial charge in [-0.2, -0.15) is 5.10 Å². The molecule has 0 radical (unpaired) electrons. The predicted molar refractivity (Wildman–Crippen MR) is 120 cm³/mol. The Balaban J connectivity index is 1.66. The van der Waals surface area contributed by atoms with Crippen molar-refractivity contribution in [1.82, 2.24) is 25.1 Å². The summed E-state index contributed by atoms with van der Waals surface area (Å²) in [5.74, 6) is 0.738. The van der Waals surface area contributed by atoms with Gasteiger partial charge in [-0.3, -0.25) is 9.48 Å². The van der Waals surface area contributed by atoms with Gasteiger partial charge in [-0.25, -0.2) is 9.97 Å². The molecule has 1 aliphatic rings. The minimum atomic E-state index is -0.273. The summed E-state index contributed by atoms with van der Waals surface area (Å²) in [5.41, 5.74) is 6.77. The molecule has 0 unspecified atom stereocenters. The highest BCUT2D eigenvalue weighted by Gasteiger charge is 2.25. The first kappa shape index (κ1) is 18.7. The molecule has 0 bridgehead atoms. The zero-order valence-electron chi connectivity index (χ0n) is 17.1. The van der Waals surface area contributed by atoms with Crippen LogP contribution in [0.15, 0.2) is 36.0 Å². The van der Waals surface area contributed by atoms with E-state index >= 15 is 0 Å². The number of aromatic nitrogens is 4. The number of aryl methyl sites for hydroxylation is 3. The monoisotopic (exact) mass is 418 g/mol.